The summed E-state index contributed by atoms with van der Waals surface area (Å²) in [7, 11) is 1.90. The number of benzene rings is 1. The first-order valence-electron chi connectivity index (χ1n) is 5.81. The predicted molar refractivity (Wildman–Crippen MR) is 77.5 cm³/mol. The second-order valence-electron chi connectivity index (χ2n) is 4.40. The molecule has 3 N–H and O–H groups in total. The van der Waals surface area contributed by atoms with Crippen molar-refractivity contribution >= 4 is 21.6 Å². The molecule has 1 unspecified atom stereocenters. The van der Waals surface area contributed by atoms with Gasteiger partial charge >= 0.3 is 0 Å². The van der Waals surface area contributed by atoms with Crippen LogP contribution >= 0.6 is 15.9 Å². The highest BCUT2D eigenvalue weighted by Gasteiger charge is 2.11. The Morgan fingerprint density at radius 1 is 1.44 bits per heavy atom. The molecule has 0 aliphatic heterocycles. The molecule has 1 atom stereocenters. The summed E-state index contributed by atoms with van der Waals surface area (Å²) in [5.74, 6) is 0. The maximum atomic E-state index is 5.83. The van der Waals surface area contributed by atoms with E-state index in [-0.39, 0.29) is 6.04 Å². The molecule has 0 spiro atoms. The zero-order valence-electron chi connectivity index (χ0n) is 10.5. The van der Waals surface area contributed by atoms with Crippen LogP contribution in [-0.4, -0.2) is 16.3 Å². The lowest BCUT2D eigenvalue weighted by Crippen LogP contribution is -2.20. The number of rotatable bonds is 4. The number of nitrogens with zero attached hydrogens (tertiary/aromatic N) is 2. The van der Waals surface area contributed by atoms with Crippen LogP contribution in [-0.2, 0) is 7.05 Å². The largest absolute Gasteiger partial charge is 0.377 e. The quantitative estimate of drug-likeness (QED) is 0.913. The number of anilines is 1. The van der Waals surface area contributed by atoms with Gasteiger partial charge in [0.1, 0.15) is 0 Å². The number of nitrogens with two attached hydrogens (primary N) is 1. The molecular formula is C13H17BrN4. The van der Waals surface area contributed by atoms with Gasteiger partial charge in [0, 0.05) is 35.5 Å². The third-order valence-corrected chi connectivity index (χ3v) is 3.20. The van der Waals surface area contributed by atoms with Gasteiger partial charge < -0.3 is 11.1 Å². The standard InChI is InChI=1S/C13H17BrN4/c1-9-3-11(14)5-12(4-9)17-13(6-15)10-7-16-18(2)8-10/h3-5,7-8,13,17H,6,15H2,1-2H3. The first-order valence-corrected chi connectivity index (χ1v) is 6.60. The zero-order chi connectivity index (χ0) is 13.1. The summed E-state index contributed by atoms with van der Waals surface area (Å²) in [4.78, 5) is 0. The Bertz CT molecular complexity index is 515. The minimum absolute atomic E-state index is 0.0763. The van der Waals surface area contributed by atoms with Gasteiger partial charge in [-0.05, 0) is 30.7 Å². The molecule has 1 aromatic carbocycles. The molecule has 18 heavy (non-hydrogen) atoms. The second kappa shape index (κ2) is 5.54. The van der Waals surface area contributed by atoms with Crippen LogP contribution < -0.4 is 11.1 Å². The lowest BCUT2D eigenvalue weighted by molar-refractivity contribution is 0.759. The van der Waals surface area contributed by atoms with Crippen LogP contribution in [0.3, 0.4) is 0 Å². The van der Waals surface area contributed by atoms with E-state index in [1.807, 2.05) is 25.5 Å². The lowest BCUT2D eigenvalue weighted by atomic mass is 10.1. The number of aromatic nitrogens is 2. The van der Waals surface area contributed by atoms with Crippen LogP contribution in [0.5, 0.6) is 0 Å². The van der Waals surface area contributed by atoms with E-state index in [0.29, 0.717) is 6.54 Å². The van der Waals surface area contributed by atoms with E-state index in [0.717, 1.165) is 15.7 Å². The molecule has 1 aromatic heterocycles. The van der Waals surface area contributed by atoms with Gasteiger partial charge in [0.05, 0.1) is 12.2 Å². The second-order valence-corrected chi connectivity index (χ2v) is 5.31. The van der Waals surface area contributed by atoms with Gasteiger partial charge in [0.15, 0.2) is 0 Å². The van der Waals surface area contributed by atoms with Gasteiger partial charge in [-0.2, -0.15) is 5.10 Å². The minimum Gasteiger partial charge on any atom is -0.377 e. The highest BCUT2D eigenvalue weighted by molar-refractivity contribution is 9.10. The average Bonchev–Trinajstić information content (AvgIpc) is 2.71. The maximum Gasteiger partial charge on any atom is 0.0667 e. The van der Waals surface area contributed by atoms with Gasteiger partial charge in [-0.15, -0.1) is 0 Å². The number of halogens is 1. The van der Waals surface area contributed by atoms with Crippen molar-refractivity contribution in [3.63, 3.8) is 0 Å². The number of hydrogen-bond donors (Lipinski definition) is 2. The van der Waals surface area contributed by atoms with Crippen LogP contribution in [0.15, 0.2) is 35.1 Å². The molecule has 0 bridgehead atoms. The van der Waals surface area contributed by atoms with Crippen molar-refractivity contribution in [2.75, 3.05) is 11.9 Å². The Hall–Kier alpha value is -1.33. The molecule has 5 heteroatoms. The summed E-state index contributed by atoms with van der Waals surface area (Å²) in [5.41, 5.74) is 9.18. The Labute approximate surface area is 115 Å². The molecule has 1 heterocycles. The van der Waals surface area contributed by atoms with Crippen molar-refractivity contribution < 1.29 is 0 Å². The highest BCUT2D eigenvalue weighted by Crippen LogP contribution is 2.23. The van der Waals surface area contributed by atoms with Gasteiger partial charge in [0.2, 0.25) is 0 Å². The Morgan fingerprint density at radius 2 is 2.22 bits per heavy atom. The van der Waals surface area contributed by atoms with Crippen molar-refractivity contribution in [2.24, 2.45) is 12.8 Å². The summed E-state index contributed by atoms with van der Waals surface area (Å²) in [6.45, 7) is 2.59. The molecule has 2 aromatic rings. The SMILES string of the molecule is Cc1cc(Br)cc(NC(CN)c2cnn(C)c2)c1. The fourth-order valence-electron chi connectivity index (χ4n) is 1.92. The molecule has 0 fully saturated rings. The first-order chi connectivity index (χ1) is 8.58. The van der Waals surface area contributed by atoms with E-state index in [1.165, 1.54) is 5.56 Å². The average molecular weight is 309 g/mol. The van der Waals surface area contributed by atoms with Gasteiger partial charge in [0.25, 0.3) is 0 Å². The normalized spacial score (nSPS) is 12.4. The molecule has 2 rings (SSSR count). The molecule has 0 saturated carbocycles. The molecule has 0 aliphatic rings. The molecule has 0 radical (unpaired) electrons. The predicted octanol–water partition coefficient (Wildman–Crippen LogP) is 2.60. The van der Waals surface area contributed by atoms with Gasteiger partial charge in [-0.25, -0.2) is 0 Å². The van der Waals surface area contributed by atoms with Crippen LogP contribution in [0, 0.1) is 6.92 Å². The first kappa shape index (κ1) is 13.1. The molecule has 0 saturated heterocycles. The van der Waals surface area contributed by atoms with E-state index in [9.17, 15) is 0 Å². The monoisotopic (exact) mass is 308 g/mol. The summed E-state index contributed by atoms with van der Waals surface area (Å²) in [6, 6.07) is 6.30. The summed E-state index contributed by atoms with van der Waals surface area (Å²) in [6.07, 6.45) is 3.82. The fourth-order valence-corrected chi connectivity index (χ4v) is 2.53. The third kappa shape index (κ3) is 3.11. The number of hydrogen-bond acceptors (Lipinski definition) is 3. The molecular weight excluding hydrogens is 292 g/mol. The molecule has 0 amide bonds. The van der Waals surface area contributed by atoms with E-state index in [4.69, 9.17) is 5.73 Å². The van der Waals surface area contributed by atoms with Crippen LogP contribution in [0.4, 0.5) is 5.69 Å². The fraction of sp³-hybridized carbons (Fsp3) is 0.308. The Balaban J connectivity index is 2.20. The van der Waals surface area contributed by atoms with E-state index < -0.39 is 0 Å². The molecule has 4 nitrogen and oxygen atoms in total. The van der Waals surface area contributed by atoms with Crippen LogP contribution in [0.1, 0.15) is 17.2 Å². The smallest absolute Gasteiger partial charge is 0.0667 e. The maximum absolute atomic E-state index is 5.83. The molecule has 0 aliphatic carbocycles. The Kier molecular flexibility index (Phi) is 4.04. The minimum atomic E-state index is 0.0763. The Morgan fingerprint density at radius 3 is 2.78 bits per heavy atom. The van der Waals surface area contributed by atoms with Crippen molar-refractivity contribution in [3.8, 4) is 0 Å². The number of nitrogens with one attached hydrogen (secondary N) is 1. The summed E-state index contributed by atoms with van der Waals surface area (Å²) < 4.78 is 2.85. The summed E-state index contributed by atoms with van der Waals surface area (Å²) in [5, 5.41) is 7.61. The van der Waals surface area contributed by atoms with Crippen LogP contribution in [0.2, 0.25) is 0 Å². The van der Waals surface area contributed by atoms with Crippen molar-refractivity contribution in [1.29, 1.82) is 0 Å². The lowest BCUT2D eigenvalue weighted by Gasteiger charge is -2.17. The van der Waals surface area contributed by atoms with Gasteiger partial charge in [-0.3, -0.25) is 4.68 Å². The summed E-state index contributed by atoms with van der Waals surface area (Å²) >= 11 is 3.50. The highest BCUT2D eigenvalue weighted by atomic mass is 79.9. The molecule has 96 valence electrons. The van der Waals surface area contributed by atoms with E-state index >= 15 is 0 Å². The van der Waals surface area contributed by atoms with Gasteiger partial charge in [-0.1, -0.05) is 15.9 Å². The zero-order valence-corrected chi connectivity index (χ0v) is 12.1. The third-order valence-electron chi connectivity index (χ3n) is 2.75. The number of aryl methyl sites for hydroxylation is 2. The topological polar surface area (TPSA) is 55.9 Å². The van der Waals surface area contributed by atoms with E-state index in [1.54, 1.807) is 4.68 Å². The van der Waals surface area contributed by atoms with Crippen molar-refractivity contribution in [2.45, 2.75) is 13.0 Å². The van der Waals surface area contributed by atoms with E-state index in [2.05, 4.69) is 45.4 Å². The van der Waals surface area contributed by atoms with Crippen molar-refractivity contribution in [1.82, 2.24) is 9.78 Å². The van der Waals surface area contributed by atoms with Crippen LogP contribution in [0.25, 0.3) is 0 Å². The van der Waals surface area contributed by atoms with Crippen molar-refractivity contribution in [3.05, 3.63) is 46.2 Å².